The largest absolute Gasteiger partial charge is 0.449 e. The van der Waals surface area contributed by atoms with E-state index in [0.717, 1.165) is 17.0 Å². The molecule has 3 amide bonds. The molecule has 1 aromatic heterocycles. The summed E-state index contributed by atoms with van der Waals surface area (Å²) in [5, 5.41) is 1.94. The van der Waals surface area contributed by atoms with Gasteiger partial charge < -0.3 is 15.0 Å². The van der Waals surface area contributed by atoms with Crippen molar-refractivity contribution in [2.75, 3.05) is 0 Å². The van der Waals surface area contributed by atoms with Gasteiger partial charge in [0.25, 0.3) is 5.91 Å². The second kappa shape index (κ2) is 7.55. The highest BCUT2D eigenvalue weighted by atomic mass is 16.5. The number of ether oxygens (including phenoxy) is 1. The van der Waals surface area contributed by atoms with E-state index in [1.807, 2.05) is 25.2 Å². The lowest BCUT2D eigenvalue weighted by Crippen LogP contribution is -2.45. The smallest absolute Gasteiger partial charge is 0.331 e. The number of urea groups is 1. The highest BCUT2D eigenvalue weighted by Gasteiger charge is 2.28. The third-order valence-electron chi connectivity index (χ3n) is 4.19. The molecule has 0 radical (unpaired) electrons. The number of carbonyl (C=O) groups excluding carboxylic acids is 3. The minimum Gasteiger partial charge on any atom is -0.449 e. The van der Waals surface area contributed by atoms with Crippen LogP contribution in [0.2, 0.25) is 0 Å². The van der Waals surface area contributed by atoms with Crippen LogP contribution in [-0.4, -0.2) is 28.6 Å². The third kappa shape index (κ3) is 4.71. The zero-order chi connectivity index (χ0) is 18.7. The SMILES string of the molecule is Cc1cc(/C=C/C(=O)O[C@@H](C(=O)NC(N)=O)C(C)C)c(C)n1C1CC1. The van der Waals surface area contributed by atoms with E-state index in [0.29, 0.717) is 6.04 Å². The summed E-state index contributed by atoms with van der Waals surface area (Å²) in [6.07, 6.45) is 4.28. The van der Waals surface area contributed by atoms with Gasteiger partial charge in [-0.15, -0.1) is 0 Å². The Morgan fingerprint density at radius 1 is 1.32 bits per heavy atom. The van der Waals surface area contributed by atoms with Gasteiger partial charge in [-0.05, 0) is 50.3 Å². The van der Waals surface area contributed by atoms with Crippen LogP contribution in [-0.2, 0) is 14.3 Å². The lowest BCUT2D eigenvalue weighted by molar-refractivity contribution is -0.153. The average Bonchev–Trinajstić information content (AvgIpc) is 3.28. The van der Waals surface area contributed by atoms with Crippen molar-refractivity contribution in [3.8, 4) is 0 Å². The van der Waals surface area contributed by atoms with E-state index in [2.05, 4.69) is 4.57 Å². The second-order valence-electron chi connectivity index (χ2n) is 6.72. The summed E-state index contributed by atoms with van der Waals surface area (Å²) in [7, 11) is 0. The molecule has 7 nitrogen and oxygen atoms in total. The van der Waals surface area contributed by atoms with Gasteiger partial charge >= 0.3 is 12.0 Å². The van der Waals surface area contributed by atoms with Crippen molar-refractivity contribution in [3.05, 3.63) is 29.1 Å². The first kappa shape index (κ1) is 18.8. The maximum atomic E-state index is 12.1. The molecule has 1 aromatic rings. The molecule has 1 saturated carbocycles. The van der Waals surface area contributed by atoms with Gasteiger partial charge in [-0.3, -0.25) is 10.1 Å². The molecule has 7 heteroatoms. The summed E-state index contributed by atoms with van der Waals surface area (Å²) in [5.74, 6) is -1.66. The van der Waals surface area contributed by atoms with Crippen LogP contribution in [0.5, 0.6) is 0 Å². The van der Waals surface area contributed by atoms with Crippen LogP contribution < -0.4 is 11.1 Å². The lowest BCUT2D eigenvalue weighted by Gasteiger charge is -2.18. The molecule has 1 heterocycles. The van der Waals surface area contributed by atoms with Crippen molar-refractivity contribution in [2.45, 2.75) is 52.7 Å². The first-order valence-electron chi connectivity index (χ1n) is 8.38. The van der Waals surface area contributed by atoms with Crippen LogP contribution in [0.4, 0.5) is 4.79 Å². The molecule has 0 unspecified atom stereocenters. The van der Waals surface area contributed by atoms with Gasteiger partial charge in [0, 0.05) is 23.5 Å². The van der Waals surface area contributed by atoms with Crippen molar-refractivity contribution in [1.29, 1.82) is 0 Å². The van der Waals surface area contributed by atoms with Gasteiger partial charge in [-0.1, -0.05) is 13.8 Å². The fourth-order valence-corrected chi connectivity index (χ4v) is 2.87. The molecule has 1 fully saturated rings. The Kier molecular flexibility index (Phi) is 5.66. The molecule has 1 atom stereocenters. The van der Waals surface area contributed by atoms with Crippen LogP contribution in [0, 0.1) is 19.8 Å². The second-order valence-corrected chi connectivity index (χ2v) is 6.72. The topological polar surface area (TPSA) is 103 Å². The standard InChI is InChI=1S/C18H25N3O4/c1-10(2)16(17(23)20-18(19)24)25-15(22)8-5-13-9-11(3)21(12(13)4)14-6-7-14/h5,8-10,14,16H,6-7H2,1-4H3,(H3,19,20,23,24)/b8-5+/t16-/m1/s1. The number of rotatable bonds is 6. The Morgan fingerprint density at radius 3 is 2.48 bits per heavy atom. The number of nitrogens with two attached hydrogens (primary N) is 1. The molecule has 136 valence electrons. The first-order valence-corrected chi connectivity index (χ1v) is 8.38. The molecule has 2 rings (SSSR count). The van der Waals surface area contributed by atoms with E-state index < -0.39 is 24.0 Å². The zero-order valence-corrected chi connectivity index (χ0v) is 15.0. The van der Waals surface area contributed by atoms with E-state index >= 15 is 0 Å². The van der Waals surface area contributed by atoms with Gasteiger partial charge in [-0.25, -0.2) is 9.59 Å². The molecule has 0 saturated heterocycles. The molecule has 1 aliphatic rings. The lowest BCUT2D eigenvalue weighted by atomic mass is 10.1. The predicted octanol–water partition coefficient (Wildman–Crippen LogP) is 2.22. The fraction of sp³-hybridized carbons (Fsp3) is 0.500. The van der Waals surface area contributed by atoms with E-state index in [9.17, 15) is 14.4 Å². The van der Waals surface area contributed by atoms with Crippen molar-refractivity contribution >= 4 is 24.0 Å². The molecule has 0 bridgehead atoms. The quantitative estimate of drug-likeness (QED) is 0.608. The van der Waals surface area contributed by atoms with Crippen molar-refractivity contribution in [2.24, 2.45) is 11.7 Å². The molecule has 25 heavy (non-hydrogen) atoms. The molecule has 1 aliphatic carbocycles. The first-order chi connectivity index (χ1) is 11.7. The predicted molar refractivity (Wildman–Crippen MR) is 93.7 cm³/mol. The number of esters is 1. The van der Waals surface area contributed by atoms with Crippen LogP contribution in [0.3, 0.4) is 0 Å². The highest BCUT2D eigenvalue weighted by Crippen LogP contribution is 2.38. The summed E-state index contributed by atoms with van der Waals surface area (Å²) in [6.45, 7) is 7.49. The maximum Gasteiger partial charge on any atom is 0.331 e. The summed E-state index contributed by atoms with van der Waals surface area (Å²) in [4.78, 5) is 34.7. The van der Waals surface area contributed by atoms with Crippen LogP contribution in [0.15, 0.2) is 12.1 Å². The number of aromatic nitrogens is 1. The van der Waals surface area contributed by atoms with E-state index in [4.69, 9.17) is 10.5 Å². The summed E-state index contributed by atoms with van der Waals surface area (Å²) < 4.78 is 7.46. The molecule has 0 spiro atoms. The van der Waals surface area contributed by atoms with E-state index in [1.54, 1.807) is 19.9 Å². The zero-order valence-electron chi connectivity index (χ0n) is 15.0. The minimum atomic E-state index is -1.08. The normalized spacial score (nSPS) is 15.4. The van der Waals surface area contributed by atoms with Crippen molar-refractivity contribution in [1.82, 2.24) is 9.88 Å². The van der Waals surface area contributed by atoms with Gasteiger partial charge in [-0.2, -0.15) is 0 Å². The van der Waals surface area contributed by atoms with Gasteiger partial charge in [0.05, 0.1) is 0 Å². The Hall–Kier alpha value is -2.57. The number of hydrogen-bond donors (Lipinski definition) is 2. The van der Waals surface area contributed by atoms with Crippen molar-refractivity contribution in [3.63, 3.8) is 0 Å². The van der Waals surface area contributed by atoms with Crippen molar-refractivity contribution < 1.29 is 19.1 Å². The summed E-state index contributed by atoms with van der Waals surface area (Å²) >= 11 is 0. The Bertz CT molecular complexity index is 714. The number of primary amides is 1. The Balaban J connectivity index is 2.05. The van der Waals surface area contributed by atoms with E-state index in [1.165, 1.54) is 18.9 Å². The highest BCUT2D eigenvalue weighted by molar-refractivity contribution is 5.97. The number of nitrogens with zero attached hydrogens (tertiary/aromatic N) is 1. The molecule has 0 aliphatic heterocycles. The average molecular weight is 347 g/mol. The van der Waals surface area contributed by atoms with Gasteiger partial charge in [0.15, 0.2) is 6.10 Å². The number of nitrogens with one attached hydrogen (secondary N) is 1. The molecular weight excluding hydrogens is 322 g/mol. The maximum absolute atomic E-state index is 12.1. The summed E-state index contributed by atoms with van der Waals surface area (Å²) in [5.41, 5.74) is 8.15. The Labute approximate surface area is 147 Å². The summed E-state index contributed by atoms with van der Waals surface area (Å²) in [6, 6.07) is 1.61. The fourth-order valence-electron chi connectivity index (χ4n) is 2.87. The van der Waals surface area contributed by atoms with Gasteiger partial charge in [0.2, 0.25) is 0 Å². The minimum absolute atomic E-state index is 0.295. The molecule has 3 N–H and O–H groups in total. The van der Waals surface area contributed by atoms with Crippen LogP contribution >= 0.6 is 0 Å². The van der Waals surface area contributed by atoms with Crippen LogP contribution in [0.25, 0.3) is 6.08 Å². The molecule has 0 aromatic carbocycles. The Morgan fingerprint density at radius 2 is 1.96 bits per heavy atom. The number of carbonyl (C=O) groups is 3. The van der Waals surface area contributed by atoms with Gasteiger partial charge in [0.1, 0.15) is 0 Å². The van der Waals surface area contributed by atoms with Crippen LogP contribution in [0.1, 0.15) is 49.7 Å². The molecular formula is C18H25N3O4. The number of aryl methyl sites for hydroxylation is 1. The number of amides is 3. The van der Waals surface area contributed by atoms with E-state index in [-0.39, 0.29) is 5.92 Å². The monoisotopic (exact) mass is 347 g/mol. The number of imide groups is 1. The number of hydrogen-bond acceptors (Lipinski definition) is 4. The third-order valence-corrected chi connectivity index (χ3v) is 4.19.